The second kappa shape index (κ2) is 4.57. The van der Waals surface area contributed by atoms with Crippen LogP contribution in [0.1, 0.15) is 11.4 Å². The zero-order valence-electron chi connectivity index (χ0n) is 10.4. The van der Waals surface area contributed by atoms with E-state index in [0.29, 0.717) is 18.0 Å². The van der Waals surface area contributed by atoms with E-state index in [1.54, 1.807) is 12.1 Å². The first kappa shape index (κ1) is 12.6. The van der Waals surface area contributed by atoms with Gasteiger partial charge in [-0.05, 0) is 18.6 Å². The quantitative estimate of drug-likeness (QED) is 0.800. The molecule has 1 aliphatic heterocycles. The molecule has 0 N–H and O–H groups in total. The second-order valence-corrected chi connectivity index (χ2v) is 7.28. The Balaban J connectivity index is 2.03. The number of nitrogens with zero attached hydrogens (tertiary/aromatic N) is 3. The van der Waals surface area contributed by atoms with E-state index in [-0.39, 0.29) is 5.75 Å². The van der Waals surface area contributed by atoms with Crippen LogP contribution in [0.4, 0.5) is 5.13 Å². The standard InChI is InChI=1S/C12H13N3O2S2/c1-9-13-12(18-14-9)15-6-7-19(16,17)11-5-3-2-4-10(11)8-15/h2-5H,6-8H2,1H3. The Bertz CT molecular complexity index is 709. The number of benzene rings is 1. The summed E-state index contributed by atoms with van der Waals surface area (Å²) in [7, 11) is -3.20. The molecule has 100 valence electrons. The number of hydrogen-bond donors (Lipinski definition) is 0. The van der Waals surface area contributed by atoms with E-state index in [1.807, 2.05) is 24.0 Å². The highest BCUT2D eigenvalue weighted by atomic mass is 32.2. The SMILES string of the molecule is Cc1nsc(N2CCS(=O)(=O)c3ccccc3C2)n1. The van der Waals surface area contributed by atoms with E-state index in [4.69, 9.17) is 0 Å². The molecule has 1 aromatic carbocycles. The lowest BCUT2D eigenvalue weighted by atomic mass is 10.2. The van der Waals surface area contributed by atoms with Gasteiger partial charge in [-0.2, -0.15) is 4.37 Å². The van der Waals surface area contributed by atoms with Crippen molar-refractivity contribution in [2.75, 3.05) is 17.2 Å². The van der Waals surface area contributed by atoms with Crippen LogP contribution in [0, 0.1) is 6.92 Å². The summed E-state index contributed by atoms with van der Waals surface area (Å²) < 4.78 is 28.6. The van der Waals surface area contributed by atoms with Crippen LogP contribution in [0.2, 0.25) is 0 Å². The molecule has 7 heteroatoms. The summed E-state index contributed by atoms with van der Waals surface area (Å²) in [6.07, 6.45) is 0. The Kier molecular flexibility index (Phi) is 3.02. The normalized spacial score (nSPS) is 17.8. The highest BCUT2D eigenvalue weighted by Crippen LogP contribution is 2.26. The third-order valence-electron chi connectivity index (χ3n) is 3.09. The van der Waals surface area contributed by atoms with Crippen LogP contribution in [0.3, 0.4) is 0 Å². The van der Waals surface area contributed by atoms with Crippen LogP contribution in [0.5, 0.6) is 0 Å². The Labute approximate surface area is 116 Å². The van der Waals surface area contributed by atoms with Gasteiger partial charge in [0, 0.05) is 24.6 Å². The van der Waals surface area contributed by atoms with Crippen LogP contribution >= 0.6 is 11.5 Å². The number of aryl methyl sites for hydroxylation is 1. The topological polar surface area (TPSA) is 63.2 Å². The number of anilines is 1. The molecule has 19 heavy (non-hydrogen) atoms. The molecule has 3 rings (SSSR count). The maximum Gasteiger partial charge on any atom is 0.205 e. The summed E-state index contributed by atoms with van der Waals surface area (Å²) in [6.45, 7) is 2.85. The summed E-state index contributed by atoms with van der Waals surface area (Å²) in [6, 6.07) is 7.17. The van der Waals surface area contributed by atoms with Gasteiger partial charge in [-0.15, -0.1) is 0 Å². The fraction of sp³-hybridized carbons (Fsp3) is 0.333. The first-order valence-electron chi connectivity index (χ1n) is 5.92. The van der Waals surface area contributed by atoms with E-state index < -0.39 is 9.84 Å². The van der Waals surface area contributed by atoms with Gasteiger partial charge in [-0.1, -0.05) is 18.2 Å². The van der Waals surface area contributed by atoms with Crippen molar-refractivity contribution < 1.29 is 8.42 Å². The van der Waals surface area contributed by atoms with Crippen molar-refractivity contribution in [1.82, 2.24) is 9.36 Å². The van der Waals surface area contributed by atoms with Gasteiger partial charge in [0.25, 0.3) is 0 Å². The van der Waals surface area contributed by atoms with Crippen molar-refractivity contribution in [3.8, 4) is 0 Å². The molecule has 0 aliphatic carbocycles. The van der Waals surface area contributed by atoms with Crippen LogP contribution < -0.4 is 4.90 Å². The predicted molar refractivity (Wildman–Crippen MR) is 74.2 cm³/mol. The molecule has 0 amide bonds. The summed E-state index contributed by atoms with van der Waals surface area (Å²) in [4.78, 5) is 6.76. The van der Waals surface area contributed by atoms with Crippen molar-refractivity contribution in [3.63, 3.8) is 0 Å². The Hall–Kier alpha value is -1.47. The monoisotopic (exact) mass is 295 g/mol. The molecular weight excluding hydrogens is 282 g/mol. The van der Waals surface area contributed by atoms with Gasteiger partial charge in [-0.3, -0.25) is 0 Å². The molecular formula is C12H13N3O2S2. The Morgan fingerprint density at radius 1 is 1.32 bits per heavy atom. The fourth-order valence-corrected chi connectivity index (χ4v) is 4.34. The number of hydrogen-bond acceptors (Lipinski definition) is 6. The average molecular weight is 295 g/mol. The largest absolute Gasteiger partial charge is 0.341 e. The lowest BCUT2D eigenvalue weighted by Crippen LogP contribution is -2.25. The van der Waals surface area contributed by atoms with Gasteiger partial charge in [0.05, 0.1) is 10.6 Å². The van der Waals surface area contributed by atoms with E-state index in [2.05, 4.69) is 9.36 Å². The van der Waals surface area contributed by atoms with Gasteiger partial charge in [0.2, 0.25) is 5.13 Å². The fourth-order valence-electron chi connectivity index (χ4n) is 2.14. The number of sulfone groups is 1. The minimum atomic E-state index is -3.20. The molecule has 1 aliphatic rings. The van der Waals surface area contributed by atoms with E-state index in [1.165, 1.54) is 11.5 Å². The van der Waals surface area contributed by atoms with E-state index in [9.17, 15) is 8.42 Å². The summed E-state index contributed by atoms with van der Waals surface area (Å²) in [5.41, 5.74) is 0.827. The van der Waals surface area contributed by atoms with Gasteiger partial charge in [0.1, 0.15) is 5.82 Å². The Morgan fingerprint density at radius 2 is 2.11 bits per heavy atom. The zero-order chi connectivity index (χ0) is 13.5. The molecule has 2 heterocycles. The first-order chi connectivity index (χ1) is 9.06. The molecule has 1 aromatic heterocycles. The molecule has 0 spiro atoms. The molecule has 0 radical (unpaired) electrons. The van der Waals surface area contributed by atoms with Crippen molar-refractivity contribution in [1.29, 1.82) is 0 Å². The third kappa shape index (κ3) is 2.35. The Morgan fingerprint density at radius 3 is 2.84 bits per heavy atom. The minimum absolute atomic E-state index is 0.114. The molecule has 0 saturated carbocycles. The maximum atomic E-state index is 12.2. The highest BCUT2D eigenvalue weighted by molar-refractivity contribution is 7.91. The molecule has 2 aromatic rings. The average Bonchev–Trinajstić information content (AvgIpc) is 2.75. The van der Waals surface area contributed by atoms with Crippen LogP contribution in [-0.4, -0.2) is 30.1 Å². The first-order valence-corrected chi connectivity index (χ1v) is 8.35. The van der Waals surface area contributed by atoms with Crippen molar-refractivity contribution >= 4 is 26.5 Å². The van der Waals surface area contributed by atoms with Crippen LogP contribution in [-0.2, 0) is 16.4 Å². The van der Waals surface area contributed by atoms with Crippen LogP contribution in [0.15, 0.2) is 29.2 Å². The lowest BCUT2D eigenvalue weighted by molar-refractivity contribution is 0.596. The molecule has 0 saturated heterocycles. The predicted octanol–water partition coefficient (Wildman–Crippen LogP) is 1.64. The molecule has 0 bridgehead atoms. The smallest absolute Gasteiger partial charge is 0.205 e. The number of rotatable bonds is 1. The maximum absolute atomic E-state index is 12.2. The molecule has 0 atom stereocenters. The summed E-state index contributed by atoms with van der Waals surface area (Å²) >= 11 is 1.31. The molecule has 0 unspecified atom stereocenters. The zero-order valence-corrected chi connectivity index (χ0v) is 12.0. The van der Waals surface area contributed by atoms with E-state index >= 15 is 0 Å². The minimum Gasteiger partial charge on any atom is -0.341 e. The summed E-state index contributed by atoms with van der Waals surface area (Å²) in [5, 5.41) is 0.782. The summed E-state index contributed by atoms with van der Waals surface area (Å²) in [5.74, 6) is 0.836. The third-order valence-corrected chi connectivity index (χ3v) is 5.74. The van der Waals surface area contributed by atoms with E-state index in [0.717, 1.165) is 16.5 Å². The molecule has 0 fully saturated rings. The number of aromatic nitrogens is 2. The highest BCUT2D eigenvalue weighted by Gasteiger charge is 2.26. The lowest BCUT2D eigenvalue weighted by Gasteiger charge is -2.18. The van der Waals surface area contributed by atoms with Gasteiger partial charge in [-0.25, -0.2) is 13.4 Å². The van der Waals surface area contributed by atoms with Crippen molar-refractivity contribution in [2.24, 2.45) is 0 Å². The molecule has 5 nitrogen and oxygen atoms in total. The van der Waals surface area contributed by atoms with Gasteiger partial charge < -0.3 is 4.90 Å². The van der Waals surface area contributed by atoms with Crippen molar-refractivity contribution in [2.45, 2.75) is 18.4 Å². The van der Waals surface area contributed by atoms with Gasteiger partial charge in [0.15, 0.2) is 9.84 Å². The van der Waals surface area contributed by atoms with Gasteiger partial charge >= 0.3 is 0 Å². The van der Waals surface area contributed by atoms with Crippen LogP contribution in [0.25, 0.3) is 0 Å². The second-order valence-electron chi connectivity index (χ2n) is 4.47. The van der Waals surface area contributed by atoms with Crippen molar-refractivity contribution in [3.05, 3.63) is 35.7 Å². The number of fused-ring (bicyclic) bond motifs is 1.